The minimum atomic E-state index is -0.149. The molecule has 0 radical (unpaired) electrons. The third-order valence-electron chi connectivity index (χ3n) is 3.77. The van der Waals surface area contributed by atoms with Gasteiger partial charge >= 0.3 is 0 Å². The van der Waals surface area contributed by atoms with Crippen molar-refractivity contribution in [3.05, 3.63) is 23.8 Å². The summed E-state index contributed by atoms with van der Waals surface area (Å²) in [5.74, 6) is -0.267. The number of amides is 2. The van der Waals surface area contributed by atoms with Crippen molar-refractivity contribution in [1.29, 1.82) is 0 Å². The summed E-state index contributed by atoms with van der Waals surface area (Å²) in [7, 11) is 0. The van der Waals surface area contributed by atoms with Crippen LogP contribution in [0, 0.1) is 0 Å². The van der Waals surface area contributed by atoms with Gasteiger partial charge in [0.1, 0.15) is 0 Å². The van der Waals surface area contributed by atoms with E-state index in [4.69, 9.17) is 5.73 Å². The molecule has 3 rings (SSSR count). The smallest absolute Gasteiger partial charge is 0.238 e. The number of hydrogen-bond acceptors (Lipinski definition) is 4. The molecular formula is C14H17N3O2. The van der Waals surface area contributed by atoms with Gasteiger partial charge in [-0.15, -0.1) is 0 Å². The molecular weight excluding hydrogens is 242 g/mol. The third kappa shape index (κ3) is 2.21. The highest BCUT2D eigenvalue weighted by Crippen LogP contribution is 2.31. The van der Waals surface area contributed by atoms with Gasteiger partial charge in [-0.1, -0.05) is 0 Å². The molecule has 3 N–H and O–H groups in total. The standard InChI is InChI=1S/C14H17N3O2/c15-10-3-4-12-9(6-10)7-13(18)17(12)14(19)8-11-2-1-5-16-11/h3-4,6,11,16H,1-2,5,7-8,15H2. The largest absolute Gasteiger partial charge is 0.399 e. The van der Waals surface area contributed by atoms with Crippen LogP contribution in [0.25, 0.3) is 0 Å². The first-order chi connectivity index (χ1) is 9.15. The van der Waals surface area contributed by atoms with Crippen molar-refractivity contribution in [2.75, 3.05) is 17.2 Å². The highest BCUT2D eigenvalue weighted by molar-refractivity contribution is 6.19. The number of anilines is 2. The Morgan fingerprint density at radius 1 is 1.47 bits per heavy atom. The number of carbonyl (C=O) groups excluding carboxylic acids is 2. The zero-order valence-electron chi connectivity index (χ0n) is 10.7. The lowest BCUT2D eigenvalue weighted by molar-refractivity contribution is -0.125. The Kier molecular flexibility index (Phi) is 2.98. The number of imide groups is 1. The van der Waals surface area contributed by atoms with Gasteiger partial charge in [-0.05, 0) is 43.1 Å². The van der Waals surface area contributed by atoms with Gasteiger partial charge in [0.2, 0.25) is 11.8 Å². The maximum Gasteiger partial charge on any atom is 0.238 e. The van der Waals surface area contributed by atoms with Crippen LogP contribution in [0.1, 0.15) is 24.8 Å². The molecule has 1 fully saturated rings. The Balaban J connectivity index is 1.81. The van der Waals surface area contributed by atoms with Gasteiger partial charge in [0, 0.05) is 18.2 Å². The van der Waals surface area contributed by atoms with Gasteiger partial charge in [-0.3, -0.25) is 9.59 Å². The molecule has 0 aromatic heterocycles. The molecule has 1 atom stereocenters. The fourth-order valence-corrected chi connectivity index (χ4v) is 2.85. The number of nitrogen functional groups attached to an aromatic ring is 1. The Labute approximate surface area is 111 Å². The maximum absolute atomic E-state index is 12.3. The monoisotopic (exact) mass is 259 g/mol. The van der Waals surface area contributed by atoms with E-state index in [2.05, 4.69) is 5.32 Å². The highest BCUT2D eigenvalue weighted by atomic mass is 16.2. The summed E-state index contributed by atoms with van der Waals surface area (Å²) >= 11 is 0. The van der Waals surface area contributed by atoms with Crippen LogP contribution in [0.5, 0.6) is 0 Å². The Hall–Kier alpha value is -1.88. The molecule has 1 aromatic rings. The van der Waals surface area contributed by atoms with Crippen LogP contribution >= 0.6 is 0 Å². The lowest BCUT2D eigenvalue weighted by atomic mass is 10.1. The summed E-state index contributed by atoms with van der Waals surface area (Å²) in [5, 5.41) is 3.28. The second kappa shape index (κ2) is 4.66. The minimum absolute atomic E-state index is 0.118. The highest BCUT2D eigenvalue weighted by Gasteiger charge is 2.33. The lowest BCUT2D eigenvalue weighted by Gasteiger charge is -2.18. The first-order valence-electron chi connectivity index (χ1n) is 6.63. The normalized spacial score (nSPS) is 21.8. The number of benzene rings is 1. The van der Waals surface area contributed by atoms with Crippen molar-refractivity contribution in [3.8, 4) is 0 Å². The minimum Gasteiger partial charge on any atom is -0.399 e. The molecule has 0 bridgehead atoms. The summed E-state index contributed by atoms with van der Waals surface area (Å²) < 4.78 is 0. The second-order valence-electron chi connectivity index (χ2n) is 5.19. The number of nitrogens with zero attached hydrogens (tertiary/aromatic N) is 1. The SMILES string of the molecule is Nc1ccc2c(c1)CC(=O)N2C(=O)CC1CCCN1. The molecule has 2 heterocycles. The zero-order valence-corrected chi connectivity index (χ0v) is 10.7. The Morgan fingerprint density at radius 3 is 3.05 bits per heavy atom. The number of nitrogens with one attached hydrogen (secondary N) is 1. The van der Waals surface area contributed by atoms with E-state index in [9.17, 15) is 9.59 Å². The quantitative estimate of drug-likeness (QED) is 0.771. The van der Waals surface area contributed by atoms with Crippen LogP contribution < -0.4 is 16.0 Å². The molecule has 1 unspecified atom stereocenters. The average molecular weight is 259 g/mol. The predicted molar refractivity (Wildman–Crippen MR) is 72.7 cm³/mol. The summed E-state index contributed by atoms with van der Waals surface area (Å²) in [6, 6.07) is 5.47. The van der Waals surface area contributed by atoms with Crippen LogP contribution in [-0.4, -0.2) is 24.4 Å². The number of hydrogen-bond donors (Lipinski definition) is 2. The number of fused-ring (bicyclic) bond motifs is 1. The van der Waals surface area contributed by atoms with Gasteiger partial charge in [0.05, 0.1) is 12.1 Å². The fourth-order valence-electron chi connectivity index (χ4n) is 2.85. The van der Waals surface area contributed by atoms with Crippen molar-refractivity contribution < 1.29 is 9.59 Å². The van der Waals surface area contributed by atoms with Crippen molar-refractivity contribution >= 4 is 23.2 Å². The third-order valence-corrected chi connectivity index (χ3v) is 3.77. The molecule has 5 heteroatoms. The van der Waals surface area contributed by atoms with Crippen LogP contribution in [0.2, 0.25) is 0 Å². The van der Waals surface area contributed by atoms with Crippen molar-refractivity contribution in [1.82, 2.24) is 5.32 Å². The summed E-state index contributed by atoms with van der Waals surface area (Å²) in [6.07, 6.45) is 2.75. The van der Waals surface area contributed by atoms with Gasteiger partial charge in [-0.25, -0.2) is 4.90 Å². The fraction of sp³-hybridized carbons (Fsp3) is 0.429. The second-order valence-corrected chi connectivity index (χ2v) is 5.19. The molecule has 1 saturated heterocycles. The van der Waals surface area contributed by atoms with E-state index in [0.29, 0.717) is 17.8 Å². The van der Waals surface area contributed by atoms with E-state index >= 15 is 0 Å². The summed E-state index contributed by atoms with van der Waals surface area (Å²) in [5.41, 5.74) is 7.87. The molecule has 5 nitrogen and oxygen atoms in total. The lowest BCUT2D eigenvalue weighted by Crippen LogP contribution is -2.37. The van der Waals surface area contributed by atoms with Crippen LogP contribution in [0.15, 0.2) is 18.2 Å². The van der Waals surface area contributed by atoms with Crippen molar-refractivity contribution in [3.63, 3.8) is 0 Å². The molecule has 0 spiro atoms. The number of rotatable bonds is 2. The number of nitrogens with two attached hydrogens (primary N) is 1. The van der Waals surface area contributed by atoms with Gasteiger partial charge < -0.3 is 11.1 Å². The molecule has 2 aliphatic rings. The maximum atomic E-state index is 12.3. The van der Waals surface area contributed by atoms with E-state index in [1.54, 1.807) is 18.2 Å². The predicted octanol–water partition coefficient (Wildman–Crippen LogP) is 0.827. The molecule has 19 heavy (non-hydrogen) atoms. The molecule has 1 aromatic carbocycles. The molecule has 2 aliphatic heterocycles. The first kappa shape index (κ1) is 12.2. The Morgan fingerprint density at radius 2 is 2.32 bits per heavy atom. The van der Waals surface area contributed by atoms with E-state index in [1.807, 2.05) is 0 Å². The Bertz CT molecular complexity index is 535. The van der Waals surface area contributed by atoms with Gasteiger partial charge in [0.25, 0.3) is 0 Å². The molecule has 0 aliphatic carbocycles. The zero-order chi connectivity index (χ0) is 13.4. The summed E-state index contributed by atoms with van der Waals surface area (Å²) in [4.78, 5) is 25.6. The van der Waals surface area contributed by atoms with Crippen LogP contribution in [0.3, 0.4) is 0 Å². The first-order valence-corrected chi connectivity index (χ1v) is 6.63. The molecule has 100 valence electrons. The van der Waals surface area contributed by atoms with Crippen molar-refractivity contribution in [2.24, 2.45) is 0 Å². The van der Waals surface area contributed by atoms with Gasteiger partial charge in [0.15, 0.2) is 0 Å². The van der Waals surface area contributed by atoms with E-state index in [1.165, 1.54) is 4.90 Å². The van der Waals surface area contributed by atoms with E-state index in [-0.39, 0.29) is 24.3 Å². The van der Waals surface area contributed by atoms with Crippen molar-refractivity contribution in [2.45, 2.75) is 31.7 Å². The summed E-state index contributed by atoms with van der Waals surface area (Å²) in [6.45, 7) is 0.957. The van der Waals surface area contributed by atoms with Crippen LogP contribution in [0.4, 0.5) is 11.4 Å². The average Bonchev–Trinajstić information content (AvgIpc) is 2.95. The van der Waals surface area contributed by atoms with Gasteiger partial charge in [-0.2, -0.15) is 0 Å². The number of carbonyl (C=O) groups is 2. The molecule has 2 amide bonds. The van der Waals surface area contributed by atoms with Crippen LogP contribution in [-0.2, 0) is 16.0 Å². The topological polar surface area (TPSA) is 75.4 Å². The van der Waals surface area contributed by atoms with E-state index in [0.717, 1.165) is 24.9 Å². The molecule has 0 saturated carbocycles. The van der Waals surface area contributed by atoms with E-state index < -0.39 is 0 Å².